The highest BCUT2D eigenvalue weighted by Gasteiger charge is 2.81. The van der Waals surface area contributed by atoms with E-state index in [0.29, 0.717) is 19.4 Å². The number of piperidine rings is 1. The Bertz CT molecular complexity index is 837. The van der Waals surface area contributed by atoms with E-state index in [2.05, 4.69) is 11.8 Å². The molecule has 0 aromatic carbocycles. The lowest BCUT2D eigenvalue weighted by Crippen LogP contribution is -2.76. The van der Waals surface area contributed by atoms with Gasteiger partial charge in [0.15, 0.2) is 0 Å². The summed E-state index contributed by atoms with van der Waals surface area (Å²) in [5.74, 6) is -0.686. The predicted octanol–water partition coefficient (Wildman–Crippen LogP) is 0.824. The molecule has 2 heterocycles. The molecule has 3 fully saturated rings. The lowest BCUT2D eigenvalue weighted by molar-refractivity contribution is -0.285. The smallest absolute Gasteiger partial charge is 0.309 e. The molecular weight excluding hydrogens is 358 g/mol. The van der Waals surface area contributed by atoms with Crippen LogP contribution in [-0.2, 0) is 9.53 Å². The van der Waals surface area contributed by atoms with Gasteiger partial charge in [0.1, 0.15) is 11.3 Å². The van der Waals surface area contributed by atoms with Crippen LogP contribution in [0.3, 0.4) is 0 Å². The summed E-state index contributed by atoms with van der Waals surface area (Å²) in [6, 6.07) is 0. The number of hydrogen-bond donors (Lipinski definition) is 3. The normalized spacial score (nSPS) is 56.0. The number of aliphatic hydroxyl groups excluding tert-OH is 1. The van der Waals surface area contributed by atoms with Crippen molar-refractivity contribution in [3.05, 3.63) is 23.3 Å². The lowest BCUT2D eigenvalue weighted by Gasteiger charge is -2.65. The Hall–Kier alpha value is -1.21. The number of hydrogen-bond acceptors (Lipinski definition) is 6. The Morgan fingerprint density at radius 2 is 2.11 bits per heavy atom. The van der Waals surface area contributed by atoms with E-state index in [1.54, 1.807) is 0 Å². The molecule has 4 bridgehead atoms. The molecule has 2 saturated heterocycles. The number of aliphatic hydroxyl groups is 3. The van der Waals surface area contributed by atoms with E-state index in [-0.39, 0.29) is 35.6 Å². The van der Waals surface area contributed by atoms with Gasteiger partial charge in [0.25, 0.3) is 0 Å². The van der Waals surface area contributed by atoms with Crippen molar-refractivity contribution in [1.82, 2.24) is 4.90 Å². The molecule has 152 valence electrons. The van der Waals surface area contributed by atoms with Crippen LogP contribution in [0.25, 0.3) is 0 Å². The fraction of sp³-hybridized carbons (Fsp3) is 0.773. The van der Waals surface area contributed by atoms with Gasteiger partial charge in [-0.25, -0.2) is 0 Å². The SMILES string of the molecule is COC(=O)[C@@H]1C[C@@]23C4=C(CC[C@@H]41)[C@H](O)C[C@@H]1CN4C[C@@H](C)[C@@H](C=C[C@@]12O)[C@]43O. The van der Waals surface area contributed by atoms with Crippen molar-refractivity contribution in [1.29, 1.82) is 0 Å². The Kier molecular flexibility index (Phi) is 3.21. The lowest BCUT2D eigenvalue weighted by atomic mass is 9.49. The van der Waals surface area contributed by atoms with E-state index >= 15 is 0 Å². The molecule has 9 atom stereocenters. The molecule has 1 spiro atoms. The number of methoxy groups -OCH3 is 1. The summed E-state index contributed by atoms with van der Waals surface area (Å²) in [5, 5.41) is 35.7. The first-order chi connectivity index (χ1) is 13.3. The van der Waals surface area contributed by atoms with Gasteiger partial charge in [-0.1, -0.05) is 24.6 Å². The number of carbonyl (C=O) groups excluding carboxylic acids is 1. The molecule has 6 nitrogen and oxygen atoms in total. The van der Waals surface area contributed by atoms with Gasteiger partial charge in [0, 0.05) is 24.9 Å². The van der Waals surface area contributed by atoms with Crippen molar-refractivity contribution < 1.29 is 24.9 Å². The second-order valence-electron chi connectivity index (χ2n) is 10.1. The topological polar surface area (TPSA) is 90.2 Å². The summed E-state index contributed by atoms with van der Waals surface area (Å²) in [7, 11) is 1.41. The fourth-order valence-corrected chi connectivity index (χ4v) is 8.42. The summed E-state index contributed by atoms with van der Waals surface area (Å²) in [5.41, 5.74) is -1.46. The molecule has 0 radical (unpaired) electrons. The third kappa shape index (κ3) is 1.56. The zero-order valence-corrected chi connectivity index (χ0v) is 16.5. The van der Waals surface area contributed by atoms with Crippen LogP contribution >= 0.6 is 0 Å². The van der Waals surface area contributed by atoms with Gasteiger partial charge in [-0.3, -0.25) is 9.69 Å². The average Bonchev–Trinajstić information content (AvgIpc) is 3.29. The molecule has 0 aromatic heterocycles. The van der Waals surface area contributed by atoms with Gasteiger partial charge in [0.05, 0.1) is 24.5 Å². The van der Waals surface area contributed by atoms with Gasteiger partial charge in [-0.2, -0.15) is 0 Å². The zero-order valence-electron chi connectivity index (χ0n) is 16.5. The molecule has 6 rings (SSSR count). The maximum absolute atomic E-state index is 12.7. The molecule has 3 N–H and O–H groups in total. The quantitative estimate of drug-likeness (QED) is 0.456. The van der Waals surface area contributed by atoms with Crippen molar-refractivity contribution in [2.75, 3.05) is 20.2 Å². The molecule has 6 heteroatoms. The van der Waals surface area contributed by atoms with E-state index in [4.69, 9.17) is 4.74 Å². The largest absolute Gasteiger partial charge is 0.469 e. The van der Waals surface area contributed by atoms with Crippen LogP contribution in [0.15, 0.2) is 23.3 Å². The van der Waals surface area contributed by atoms with Crippen LogP contribution in [0.4, 0.5) is 0 Å². The van der Waals surface area contributed by atoms with E-state index < -0.39 is 22.8 Å². The third-order valence-electron chi connectivity index (χ3n) is 9.33. The van der Waals surface area contributed by atoms with Crippen molar-refractivity contribution in [2.24, 2.45) is 35.0 Å². The fourth-order valence-electron chi connectivity index (χ4n) is 8.42. The summed E-state index contributed by atoms with van der Waals surface area (Å²) >= 11 is 0. The van der Waals surface area contributed by atoms with Crippen LogP contribution in [0.2, 0.25) is 0 Å². The third-order valence-corrected chi connectivity index (χ3v) is 9.33. The molecule has 0 amide bonds. The van der Waals surface area contributed by atoms with Gasteiger partial charge in [-0.05, 0) is 43.1 Å². The average molecular weight is 387 g/mol. The highest BCUT2D eigenvalue weighted by molar-refractivity contribution is 5.76. The second kappa shape index (κ2) is 5.09. The van der Waals surface area contributed by atoms with Crippen LogP contribution in [0, 0.1) is 35.0 Å². The summed E-state index contributed by atoms with van der Waals surface area (Å²) in [6.07, 6.45) is 5.74. The molecule has 1 saturated carbocycles. The summed E-state index contributed by atoms with van der Waals surface area (Å²) < 4.78 is 5.14. The number of nitrogens with zero attached hydrogens (tertiary/aromatic N) is 1. The van der Waals surface area contributed by atoms with Gasteiger partial charge < -0.3 is 20.1 Å². The molecule has 4 aliphatic carbocycles. The molecule has 2 aliphatic heterocycles. The van der Waals surface area contributed by atoms with Crippen LogP contribution in [0.5, 0.6) is 0 Å². The second-order valence-corrected chi connectivity index (χ2v) is 10.1. The minimum absolute atomic E-state index is 0.0607. The number of esters is 1. The van der Waals surface area contributed by atoms with Crippen molar-refractivity contribution >= 4 is 5.97 Å². The van der Waals surface area contributed by atoms with E-state index in [9.17, 15) is 20.1 Å². The number of ether oxygens (including phenoxy) is 1. The van der Waals surface area contributed by atoms with E-state index in [1.807, 2.05) is 12.2 Å². The van der Waals surface area contributed by atoms with Crippen molar-refractivity contribution in [2.45, 2.75) is 50.0 Å². The van der Waals surface area contributed by atoms with Crippen LogP contribution in [0.1, 0.15) is 32.6 Å². The zero-order chi connectivity index (χ0) is 19.6. The van der Waals surface area contributed by atoms with Gasteiger partial charge in [-0.15, -0.1) is 0 Å². The number of carbonyl (C=O) groups is 1. The number of rotatable bonds is 1. The Labute approximate surface area is 164 Å². The molecule has 0 unspecified atom stereocenters. The first-order valence-electron chi connectivity index (χ1n) is 10.7. The Morgan fingerprint density at radius 1 is 1.32 bits per heavy atom. The molecule has 0 aromatic rings. The van der Waals surface area contributed by atoms with Gasteiger partial charge in [0.2, 0.25) is 0 Å². The maximum Gasteiger partial charge on any atom is 0.309 e. The minimum Gasteiger partial charge on any atom is -0.469 e. The summed E-state index contributed by atoms with van der Waals surface area (Å²) in [6.45, 7) is 3.50. The van der Waals surface area contributed by atoms with E-state index in [0.717, 1.165) is 30.5 Å². The monoisotopic (exact) mass is 387 g/mol. The first-order valence-corrected chi connectivity index (χ1v) is 10.7. The van der Waals surface area contributed by atoms with Crippen molar-refractivity contribution in [3.8, 4) is 0 Å². The highest BCUT2D eigenvalue weighted by Crippen LogP contribution is 2.75. The van der Waals surface area contributed by atoms with Crippen molar-refractivity contribution in [3.63, 3.8) is 0 Å². The summed E-state index contributed by atoms with van der Waals surface area (Å²) in [4.78, 5) is 14.9. The Morgan fingerprint density at radius 3 is 2.86 bits per heavy atom. The minimum atomic E-state index is -1.25. The highest BCUT2D eigenvalue weighted by atomic mass is 16.5. The molecule has 28 heavy (non-hydrogen) atoms. The first kappa shape index (κ1) is 17.6. The molecular formula is C22H29NO5. The van der Waals surface area contributed by atoms with Crippen LogP contribution < -0.4 is 0 Å². The van der Waals surface area contributed by atoms with Crippen LogP contribution in [-0.4, -0.2) is 63.8 Å². The van der Waals surface area contributed by atoms with Gasteiger partial charge >= 0.3 is 5.97 Å². The molecule has 6 aliphatic rings. The Balaban J connectivity index is 1.68. The predicted molar refractivity (Wildman–Crippen MR) is 99.7 cm³/mol. The standard InChI is InChI=1S/C22H29NO5/c1-11-9-23-10-12-7-17(24)14-4-3-13-15(19(25)28-2)8-20(18(13)14)21(12,26)6-5-16(11)22(20,23)27/h5-6,11-13,15-17,24,26-27H,3-4,7-10H2,1-2H3/t11-,12-,13-,15-,16-,17-,20-,21-,22-/m1/s1. The van der Waals surface area contributed by atoms with E-state index in [1.165, 1.54) is 7.11 Å². The maximum atomic E-state index is 12.7.